The summed E-state index contributed by atoms with van der Waals surface area (Å²) in [5, 5.41) is 14.6. The minimum absolute atomic E-state index is 0.153. The summed E-state index contributed by atoms with van der Waals surface area (Å²) in [6, 6.07) is 14.0. The number of para-hydroxylation sites is 1. The maximum absolute atomic E-state index is 13.1. The first kappa shape index (κ1) is 22.2. The summed E-state index contributed by atoms with van der Waals surface area (Å²) in [5.41, 5.74) is 1.06. The first-order valence-corrected chi connectivity index (χ1v) is 10.5. The van der Waals surface area contributed by atoms with Crippen LogP contribution in [0.4, 0.5) is 10.1 Å². The van der Waals surface area contributed by atoms with E-state index in [2.05, 4.69) is 27.4 Å². The van der Waals surface area contributed by atoms with E-state index in [0.29, 0.717) is 23.1 Å². The molecule has 2 aromatic carbocycles. The van der Waals surface area contributed by atoms with Crippen LogP contribution >= 0.6 is 11.8 Å². The molecule has 0 bridgehead atoms. The number of anilines is 1. The minimum atomic E-state index is -0.461. The summed E-state index contributed by atoms with van der Waals surface area (Å²) in [6.45, 7) is 5.95. The lowest BCUT2D eigenvalue weighted by Crippen LogP contribution is -2.28. The molecule has 1 aromatic heterocycles. The van der Waals surface area contributed by atoms with Gasteiger partial charge in [-0.05, 0) is 43.3 Å². The van der Waals surface area contributed by atoms with E-state index < -0.39 is 11.9 Å². The second kappa shape index (κ2) is 10.5. The van der Waals surface area contributed by atoms with Gasteiger partial charge in [-0.25, -0.2) is 4.39 Å². The molecule has 0 aliphatic carbocycles. The van der Waals surface area contributed by atoms with E-state index in [1.54, 1.807) is 17.6 Å². The van der Waals surface area contributed by atoms with Gasteiger partial charge in [0.15, 0.2) is 11.0 Å². The van der Waals surface area contributed by atoms with Crippen LogP contribution in [-0.4, -0.2) is 32.3 Å². The first-order chi connectivity index (χ1) is 15.0. The Morgan fingerprint density at radius 3 is 2.55 bits per heavy atom. The third-order valence-electron chi connectivity index (χ3n) is 4.29. The van der Waals surface area contributed by atoms with Gasteiger partial charge in [0, 0.05) is 17.8 Å². The van der Waals surface area contributed by atoms with E-state index in [1.807, 2.05) is 30.3 Å². The van der Waals surface area contributed by atoms with Crippen LogP contribution < -0.4 is 10.6 Å². The van der Waals surface area contributed by atoms with Crippen LogP contribution in [0, 0.1) is 5.82 Å². The Bertz CT molecular complexity index is 1050. The minimum Gasteiger partial charge on any atom is -0.342 e. The Morgan fingerprint density at radius 1 is 1.16 bits per heavy atom. The van der Waals surface area contributed by atoms with E-state index in [0.717, 1.165) is 5.69 Å². The molecule has 31 heavy (non-hydrogen) atoms. The van der Waals surface area contributed by atoms with Crippen LogP contribution in [0.25, 0.3) is 0 Å². The number of benzene rings is 2. The van der Waals surface area contributed by atoms with Crippen molar-refractivity contribution in [2.75, 3.05) is 11.1 Å². The predicted molar refractivity (Wildman–Crippen MR) is 118 cm³/mol. The van der Waals surface area contributed by atoms with E-state index in [1.165, 1.54) is 36.0 Å². The molecule has 0 aliphatic heterocycles. The molecule has 7 nitrogen and oxygen atoms in total. The summed E-state index contributed by atoms with van der Waals surface area (Å²) in [4.78, 5) is 24.7. The van der Waals surface area contributed by atoms with Crippen molar-refractivity contribution in [2.45, 2.75) is 24.7 Å². The number of allylic oxidation sites excluding steroid dienone is 1. The molecule has 1 heterocycles. The molecule has 0 radical (unpaired) electrons. The van der Waals surface area contributed by atoms with Crippen LogP contribution in [0.1, 0.15) is 29.1 Å². The average Bonchev–Trinajstić information content (AvgIpc) is 3.16. The zero-order valence-corrected chi connectivity index (χ0v) is 17.7. The predicted octanol–water partition coefficient (Wildman–Crippen LogP) is 3.83. The van der Waals surface area contributed by atoms with Crippen molar-refractivity contribution in [2.24, 2.45) is 0 Å². The zero-order valence-electron chi connectivity index (χ0n) is 16.9. The third-order valence-corrected chi connectivity index (χ3v) is 5.26. The molecule has 0 saturated heterocycles. The quantitative estimate of drug-likeness (QED) is 0.391. The number of amides is 2. The number of carbonyl (C=O) groups is 2. The highest BCUT2D eigenvalue weighted by Gasteiger charge is 2.20. The number of hydrogen-bond donors (Lipinski definition) is 2. The van der Waals surface area contributed by atoms with Gasteiger partial charge >= 0.3 is 0 Å². The van der Waals surface area contributed by atoms with Crippen molar-refractivity contribution < 1.29 is 14.0 Å². The lowest BCUT2D eigenvalue weighted by atomic mass is 10.2. The summed E-state index contributed by atoms with van der Waals surface area (Å²) >= 11 is 1.24. The number of carbonyl (C=O) groups excluding carboxylic acids is 2. The molecule has 3 rings (SSSR count). The van der Waals surface area contributed by atoms with Crippen LogP contribution in [-0.2, 0) is 11.3 Å². The van der Waals surface area contributed by atoms with Gasteiger partial charge in [0.1, 0.15) is 5.82 Å². The van der Waals surface area contributed by atoms with E-state index in [4.69, 9.17) is 0 Å². The molecule has 0 saturated carbocycles. The van der Waals surface area contributed by atoms with Gasteiger partial charge in [-0.1, -0.05) is 36.0 Å². The fourth-order valence-corrected chi connectivity index (χ4v) is 3.58. The van der Waals surface area contributed by atoms with Crippen molar-refractivity contribution in [3.8, 4) is 0 Å². The highest BCUT2D eigenvalue weighted by molar-refractivity contribution is 7.99. The smallest absolute Gasteiger partial charge is 0.251 e. The molecule has 0 fully saturated rings. The van der Waals surface area contributed by atoms with Crippen molar-refractivity contribution >= 4 is 29.3 Å². The lowest BCUT2D eigenvalue weighted by Gasteiger charge is -2.15. The molecule has 160 valence electrons. The Morgan fingerprint density at radius 2 is 1.87 bits per heavy atom. The maximum atomic E-state index is 13.1. The van der Waals surface area contributed by atoms with Crippen LogP contribution in [0.5, 0.6) is 0 Å². The van der Waals surface area contributed by atoms with E-state index in [-0.39, 0.29) is 17.6 Å². The molecular weight excluding hydrogens is 417 g/mol. The van der Waals surface area contributed by atoms with Gasteiger partial charge in [-0.2, -0.15) is 0 Å². The number of nitrogens with zero attached hydrogens (tertiary/aromatic N) is 3. The largest absolute Gasteiger partial charge is 0.342 e. The first-order valence-electron chi connectivity index (χ1n) is 9.56. The lowest BCUT2D eigenvalue weighted by molar-refractivity contribution is -0.113. The number of thioether (sulfide) groups is 1. The van der Waals surface area contributed by atoms with Crippen LogP contribution in [0.2, 0.25) is 0 Å². The van der Waals surface area contributed by atoms with Gasteiger partial charge in [0.25, 0.3) is 5.91 Å². The van der Waals surface area contributed by atoms with Gasteiger partial charge in [0.05, 0.1) is 11.8 Å². The molecule has 1 atom stereocenters. The highest BCUT2D eigenvalue weighted by Crippen LogP contribution is 2.21. The maximum Gasteiger partial charge on any atom is 0.251 e. The van der Waals surface area contributed by atoms with Crippen LogP contribution in [0.3, 0.4) is 0 Å². The normalized spacial score (nSPS) is 11.5. The van der Waals surface area contributed by atoms with Gasteiger partial charge in [-0.3, -0.25) is 9.59 Å². The average molecular weight is 440 g/mol. The van der Waals surface area contributed by atoms with Gasteiger partial charge in [0.2, 0.25) is 5.91 Å². The van der Waals surface area contributed by atoms with Crippen molar-refractivity contribution in [1.82, 2.24) is 20.1 Å². The number of nitrogens with one attached hydrogen (secondary N) is 2. The standard InChI is InChI=1S/C22H22FN5O2S/c1-3-13-28-20(15(2)24-21(30)16-9-11-17(23)12-10-16)26-27-22(28)31-14-19(29)25-18-7-5-4-6-8-18/h3-12,15H,1,13-14H2,2H3,(H,24,30)(H,25,29)/t15-/m1/s1. The second-order valence-electron chi connectivity index (χ2n) is 6.64. The van der Waals surface area contributed by atoms with Gasteiger partial charge < -0.3 is 15.2 Å². The Balaban J connectivity index is 1.66. The van der Waals surface area contributed by atoms with E-state index in [9.17, 15) is 14.0 Å². The molecule has 0 aliphatic rings. The highest BCUT2D eigenvalue weighted by atomic mass is 32.2. The third kappa shape index (κ3) is 6.02. The molecule has 3 aromatic rings. The Kier molecular flexibility index (Phi) is 7.55. The van der Waals surface area contributed by atoms with Gasteiger partial charge in [-0.15, -0.1) is 16.8 Å². The topological polar surface area (TPSA) is 88.9 Å². The second-order valence-corrected chi connectivity index (χ2v) is 7.59. The van der Waals surface area contributed by atoms with E-state index >= 15 is 0 Å². The summed E-state index contributed by atoms with van der Waals surface area (Å²) in [7, 11) is 0. The molecular formula is C22H22FN5O2S. The van der Waals surface area contributed by atoms with Crippen molar-refractivity contribution in [1.29, 1.82) is 0 Å². The van der Waals surface area contributed by atoms with Crippen molar-refractivity contribution in [3.63, 3.8) is 0 Å². The fraction of sp³-hybridized carbons (Fsp3) is 0.182. The van der Waals surface area contributed by atoms with Crippen molar-refractivity contribution in [3.05, 3.63) is 84.5 Å². The zero-order chi connectivity index (χ0) is 22.2. The Hall–Kier alpha value is -3.46. The Labute approximate surface area is 183 Å². The molecule has 2 amide bonds. The van der Waals surface area contributed by atoms with Crippen LogP contribution in [0.15, 0.2) is 72.4 Å². The molecule has 9 heteroatoms. The number of aromatic nitrogens is 3. The molecule has 0 spiro atoms. The summed E-state index contributed by atoms with van der Waals surface area (Å²) in [5.74, 6) is -0.240. The molecule has 2 N–H and O–H groups in total. The molecule has 0 unspecified atom stereocenters. The number of hydrogen-bond acceptors (Lipinski definition) is 5. The SMILES string of the molecule is C=CCn1c(SCC(=O)Nc2ccccc2)nnc1[C@@H](C)NC(=O)c1ccc(F)cc1. The summed E-state index contributed by atoms with van der Waals surface area (Å²) in [6.07, 6.45) is 1.69. The number of rotatable bonds is 9. The fourth-order valence-electron chi connectivity index (χ4n) is 2.82. The monoisotopic (exact) mass is 439 g/mol. The number of halogens is 1. The summed E-state index contributed by atoms with van der Waals surface area (Å²) < 4.78 is 14.9.